The van der Waals surface area contributed by atoms with Crippen molar-refractivity contribution in [2.45, 2.75) is 26.3 Å². The van der Waals surface area contributed by atoms with Gasteiger partial charge in [0.05, 0.1) is 12.5 Å². The number of likely N-dealkylation sites (N-methyl/N-ethyl adjacent to an activating group) is 1. The Bertz CT molecular complexity index is 474. The molecule has 1 N–H and O–H groups in total. The number of nitrogens with one attached hydrogen (secondary N) is 1. The van der Waals surface area contributed by atoms with E-state index in [-0.39, 0.29) is 0 Å². The van der Waals surface area contributed by atoms with Gasteiger partial charge in [-0.15, -0.1) is 0 Å². The lowest BCUT2D eigenvalue weighted by molar-refractivity contribution is 0.551. The second-order valence-electron chi connectivity index (χ2n) is 4.52. The third-order valence-corrected chi connectivity index (χ3v) is 3.30. The van der Waals surface area contributed by atoms with Gasteiger partial charge in [0.15, 0.2) is 0 Å². The van der Waals surface area contributed by atoms with Crippen molar-refractivity contribution in [2.24, 2.45) is 0 Å². The molecule has 0 saturated carbocycles. The van der Waals surface area contributed by atoms with Gasteiger partial charge in [0.1, 0.15) is 0 Å². The predicted octanol–water partition coefficient (Wildman–Crippen LogP) is 3.40. The Morgan fingerprint density at radius 2 is 2.00 bits per heavy atom. The quantitative estimate of drug-likeness (QED) is 0.869. The molecule has 1 unspecified atom stereocenters. The fourth-order valence-electron chi connectivity index (χ4n) is 2.01. The van der Waals surface area contributed by atoms with Crippen LogP contribution in [0.3, 0.4) is 0 Å². The molecule has 0 aliphatic carbocycles. The molecule has 0 amide bonds. The number of rotatable bonds is 4. The van der Waals surface area contributed by atoms with Crippen LogP contribution in [0.1, 0.15) is 28.3 Å². The molecule has 0 bridgehead atoms. The Kier molecular flexibility index (Phi) is 3.64. The van der Waals surface area contributed by atoms with E-state index < -0.39 is 0 Å². The smallest absolute Gasteiger partial charge is 0.0935 e. The predicted molar refractivity (Wildman–Crippen MR) is 70.1 cm³/mol. The zero-order valence-corrected chi connectivity index (χ0v) is 10.7. The second kappa shape index (κ2) is 5.19. The van der Waals surface area contributed by atoms with Crippen LogP contribution >= 0.6 is 0 Å². The van der Waals surface area contributed by atoms with Crippen LogP contribution in [0.5, 0.6) is 0 Å². The maximum absolute atomic E-state index is 5.11. The lowest BCUT2D eigenvalue weighted by atomic mass is 9.97. The Hall–Kier alpha value is -1.54. The third kappa shape index (κ3) is 2.77. The minimum atomic E-state index is 0.340. The molecule has 0 aliphatic heterocycles. The zero-order chi connectivity index (χ0) is 12.3. The first-order valence-corrected chi connectivity index (χ1v) is 5.96. The molecule has 17 heavy (non-hydrogen) atoms. The lowest BCUT2D eigenvalue weighted by Gasteiger charge is -2.17. The summed E-state index contributed by atoms with van der Waals surface area (Å²) < 4.78 is 5.11. The van der Waals surface area contributed by atoms with E-state index in [0.717, 1.165) is 6.42 Å². The van der Waals surface area contributed by atoms with Crippen molar-refractivity contribution in [3.8, 4) is 0 Å². The van der Waals surface area contributed by atoms with Crippen molar-refractivity contribution in [3.05, 3.63) is 59.0 Å². The highest BCUT2D eigenvalue weighted by Crippen LogP contribution is 2.20. The van der Waals surface area contributed by atoms with E-state index in [0.29, 0.717) is 6.04 Å². The van der Waals surface area contributed by atoms with Crippen LogP contribution in [0.15, 0.2) is 41.2 Å². The van der Waals surface area contributed by atoms with Gasteiger partial charge in [-0.25, -0.2) is 0 Å². The number of benzene rings is 1. The molecule has 2 rings (SSSR count). The molecule has 1 atom stereocenters. The summed E-state index contributed by atoms with van der Waals surface area (Å²) in [4.78, 5) is 0. The summed E-state index contributed by atoms with van der Waals surface area (Å²) in [7, 11) is 2.00. The molecule has 90 valence electrons. The van der Waals surface area contributed by atoms with E-state index in [2.05, 4.69) is 37.4 Å². The van der Waals surface area contributed by atoms with Gasteiger partial charge in [0, 0.05) is 6.04 Å². The van der Waals surface area contributed by atoms with Crippen LogP contribution in [0.2, 0.25) is 0 Å². The van der Waals surface area contributed by atoms with E-state index in [1.54, 1.807) is 6.26 Å². The van der Waals surface area contributed by atoms with Crippen molar-refractivity contribution in [2.75, 3.05) is 7.05 Å². The molecule has 1 aromatic carbocycles. The van der Waals surface area contributed by atoms with Gasteiger partial charge in [0.2, 0.25) is 0 Å². The van der Waals surface area contributed by atoms with Gasteiger partial charge in [-0.1, -0.05) is 18.2 Å². The molecule has 0 radical (unpaired) electrons. The number of furan rings is 1. The molecule has 0 saturated heterocycles. The first kappa shape index (κ1) is 11.9. The molecule has 1 heterocycles. The Morgan fingerprint density at radius 3 is 2.59 bits per heavy atom. The van der Waals surface area contributed by atoms with Gasteiger partial charge in [-0.2, -0.15) is 0 Å². The Balaban J connectivity index is 2.20. The van der Waals surface area contributed by atoms with E-state index in [1.165, 1.54) is 22.3 Å². The van der Waals surface area contributed by atoms with Crippen LogP contribution in [-0.4, -0.2) is 7.05 Å². The summed E-state index contributed by atoms with van der Waals surface area (Å²) in [5.74, 6) is 0. The summed E-state index contributed by atoms with van der Waals surface area (Å²) in [6, 6.07) is 9.00. The molecule has 2 heteroatoms. The summed E-state index contributed by atoms with van der Waals surface area (Å²) in [6.45, 7) is 4.30. The van der Waals surface area contributed by atoms with Crippen molar-refractivity contribution in [1.82, 2.24) is 5.32 Å². The van der Waals surface area contributed by atoms with Crippen molar-refractivity contribution < 1.29 is 4.42 Å². The Morgan fingerprint density at radius 1 is 1.18 bits per heavy atom. The average molecular weight is 229 g/mol. The molecule has 0 aliphatic rings. The van der Waals surface area contributed by atoms with E-state index in [9.17, 15) is 0 Å². The van der Waals surface area contributed by atoms with Gasteiger partial charge < -0.3 is 9.73 Å². The van der Waals surface area contributed by atoms with E-state index >= 15 is 0 Å². The summed E-state index contributed by atoms with van der Waals surface area (Å²) in [6.07, 6.45) is 4.49. The van der Waals surface area contributed by atoms with Crippen molar-refractivity contribution in [1.29, 1.82) is 0 Å². The summed E-state index contributed by atoms with van der Waals surface area (Å²) in [5, 5.41) is 3.36. The fourth-order valence-corrected chi connectivity index (χ4v) is 2.01. The number of hydrogen-bond acceptors (Lipinski definition) is 2. The molecular weight excluding hydrogens is 210 g/mol. The minimum absolute atomic E-state index is 0.340. The minimum Gasteiger partial charge on any atom is -0.472 e. The Labute approximate surface area is 103 Å². The average Bonchev–Trinajstić information content (AvgIpc) is 2.82. The monoisotopic (exact) mass is 229 g/mol. The van der Waals surface area contributed by atoms with Gasteiger partial charge in [-0.05, 0) is 55.6 Å². The van der Waals surface area contributed by atoms with Crippen molar-refractivity contribution in [3.63, 3.8) is 0 Å². The number of hydrogen-bond donors (Lipinski definition) is 1. The first-order valence-electron chi connectivity index (χ1n) is 5.96. The summed E-state index contributed by atoms with van der Waals surface area (Å²) in [5.41, 5.74) is 5.24. The van der Waals surface area contributed by atoms with Gasteiger partial charge in [0.25, 0.3) is 0 Å². The zero-order valence-electron chi connectivity index (χ0n) is 10.7. The van der Waals surface area contributed by atoms with Crippen LogP contribution < -0.4 is 5.32 Å². The maximum atomic E-state index is 5.11. The maximum Gasteiger partial charge on any atom is 0.0935 e. The fraction of sp³-hybridized carbons (Fsp3) is 0.333. The van der Waals surface area contributed by atoms with E-state index in [4.69, 9.17) is 4.42 Å². The van der Waals surface area contributed by atoms with Crippen molar-refractivity contribution >= 4 is 0 Å². The van der Waals surface area contributed by atoms with Crippen LogP contribution in [0.25, 0.3) is 0 Å². The molecule has 2 nitrogen and oxygen atoms in total. The van der Waals surface area contributed by atoms with E-state index in [1.807, 2.05) is 19.4 Å². The standard InChI is InChI=1S/C15H19NO/c1-11-4-5-14(8-12(11)2)15(16-3)9-13-6-7-17-10-13/h4-8,10,15-16H,9H2,1-3H3. The highest BCUT2D eigenvalue weighted by atomic mass is 16.3. The van der Waals surface area contributed by atoms with Crippen LogP contribution in [-0.2, 0) is 6.42 Å². The van der Waals surface area contributed by atoms with Gasteiger partial charge >= 0.3 is 0 Å². The third-order valence-electron chi connectivity index (χ3n) is 3.30. The van der Waals surface area contributed by atoms with Crippen LogP contribution in [0.4, 0.5) is 0 Å². The SMILES string of the molecule is CNC(Cc1ccoc1)c1ccc(C)c(C)c1. The largest absolute Gasteiger partial charge is 0.472 e. The normalized spacial score (nSPS) is 12.6. The lowest BCUT2D eigenvalue weighted by Crippen LogP contribution is -2.18. The topological polar surface area (TPSA) is 25.2 Å². The molecule has 0 spiro atoms. The highest BCUT2D eigenvalue weighted by molar-refractivity contribution is 5.32. The molecule has 2 aromatic rings. The van der Waals surface area contributed by atoms with Crippen LogP contribution in [0, 0.1) is 13.8 Å². The molecule has 1 aromatic heterocycles. The molecular formula is C15H19NO. The summed E-state index contributed by atoms with van der Waals surface area (Å²) >= 11 is 0. The molecule has 0 fully saturated rings. The first-order chi connectivity index (χ1) is 8.20. The van der Waals surface area contributed by atoms with Gasteiger partial charge in [-0.3, -0.25) is 0 Å². The highest BCUT2D eigenvalue weighted by Gasteiger charge is 2.11. The second-order valence-corrected chi connectivity index (χ2v) is 4.52. The number of aryl methyl sites for hydroxylation is 2.